The van der Waals surface area contributed by atoms with E-state index in [4.69, 9.17) is 14.6 Å². The molecule has 0 aromatic carbocycles. The molecule has 80 valence electrons. The first kappa shape index (κ1) is 10.9. The summed E-state index contributed by atoms with van der Waals surface area (Å²) in [5.74, 6) is 0.491. The molecule has 6 heteroatoms. The smallest absolute Gasteiger partial charge is 0.317 e. The van der Waals surface area contributed by atoms with E-state index in [2.05, 4.69) is 10.2 Å². The highest BCUT2D eigenvalue weighted by Gasteiger charge is 2.11. The Morgan fingerprint density at radius 3 is 2.79 bits per heavy atom. The van der Waals surface area contributed by atoms with Crippen molar-refractivity contribution in [3.8, 4) is 6.01 Å². The molecule has 1 heterocycles. The monoisotopic (exact) mass is 201 g/mol. The topological polar surface area (TPSA) is 69.4 Å². The summed E-state index contributed by atoms with van der Waals surface area (Å²) >= 11 is 0. The SMILES string of the molecule is CCOc1nnc(CO)n1CCOC. The molecular formula is C8H15N3O3. The quantitative estimate of drug-likeness (QED) is 0.691. The van der Waals surface area contributed by atoms with Gasteiger partial charge in [-0.1, -0.05) is 5.10 Å². The molecule has 1 rings (SSSR count). The maximum atomic E-state index is 8.98. The van der Waals surface area contributed by atoms with E-state index < -0.39 is 0 Å². The fourth-order valence-electron chi connectivity index (χ4n) is 1.08. The number of hydrogen-bond donors (Lipinski definition) is 1. The van der Waals surface area contributed by atoms with Crippen molar-refractivity contribution in [1.29, 1.82) is 0 Å². The van der Waals surface area contributed by atoms with Gasteiger partial charge in [0.1, 0.15) is 6.61 Å². The van der Waals surface area contributed by atoms with Crippen LogP contribution in [-0.2, 0) is 17.9 Å². The summed E-state index contributed by atoms with van der Waals surface area (Å²) in [6.07, 6.45) is 0. The second-order valence-electron chi connectivity index (χ2n) is 2.63. The molecule has 1 N–H and O–H groups in total. The minimum absolute atomic E-state index is 0.149. The average Bonchev–Trinajstić information content (AvgIpc) is 2.58. The lowest BCUT2D eigenvalue weighted by Gasteiger charge is -2.07. The van der Waals surface area contributed by atoms with Gasteiger partial charge < -0.3 is 14.6 Å². The van der Waals surface area contributed by atoms with Crippen LogP contribution in [0.2, 0.25) is 0 Å². The van der Waals surface area contributed by atoms with Crippen LogP contribution >= 0.6 is 0 Å². The molecular weight excluding hydrogens is 186 g/mol. The first-order chi connectivity index (χ1) is 6.83. The molecule has 0 saturated carbocycles. The van der Waals surface area contributed by atoms with E-state index in [9.17, 15) is 0 Å². The van der Waals surface area contributed by atoms with Gasteiger partial charge >= 0.3 is 6.01 Å². The summed E-state index contributed by atoms with van der Waals surface area (Å²) in [4.78, 5) is 0. The molecule has 0 fully saturated rings. The molecule has 1 aromatic rings. The van der Waals surface area contributed by atoms with Gasteiger partial charge in [0.15, 0.2) is 5.82 Å². The van der Waals surface area contributed by atoms with Crippen molar-refractivity contribution >= 4 is 0 Å². The van der Waals surface area contributed by atoms with Gasteiger partial charge in [-0.3, -0.25) is 4.57 Å². The van der Waals surface area contributed by atoms with Crippen molar-refractivity contribution in [2.45, 2.75) is 20.1 Å². The minimum atomic E-state index is -0.149. The number of ether oxygens (including phenoxy) is 2. The van der Waals surface area contributed by atoms with Crippen LogP contribution in [0.15, 0.2) is 0 Å². The van der Waals surface area contributed by atoms with Gasteiger partial charge in [0.2, 0.25) is 0 Å². The molecule has 0 aliphatic rings. The fourth-order valence-corrected chi connectivity index (χ4v) is 1.08. The predicted molar refractivity (Wildman–Crippen MR) is 49.0 cm³/mol. The molecule has 1 aromatic heterocycles. The summed E-state index contributed by atoms with van der Waals surface area (Å²) in [5, 5.41) is 16.6. The maximum absolute atomic E-state index is 8.98. The van der Waals surface area contributed by atoms with E-state index in [1.54, 1.807) is 11.7 Å². The first-order valence-electron chi connectivity index (χ1n) is 4.48. The van der Waals surface area contributed by atoms with Crippen molar-refractivity contribution in [3.05, 3.63) is 5.82 Å². The van der Waals surface area contributed by atoms with Crippen LogP contribution in [0.3, 0.4) is 0 Å². The Morgan fingerprint density at radius 2 is 2.21 bits per heavy atom. The van der Waals surface area contributed by atoms with Crippen molar-refractivity contribution in [3.63, 3.8) is 0 Å². The standard InChI is InChI=1S/C8H15N3O3/c1-3-14-8-10-9-7(6-12)11(8)4-5-13-2/h12H,3-6H2,1-2H3. The van der Waals surface area contributed by atoms with Crippen LogP contribution in [0.1, 0.15) is 12.7 Å². The van der Waals surface area contributed by atoms with E-state index in [-0.39, 0.29) is 6.61 Å². The number of aliphatic hydroxyl groups is 1. The molecule has 0 unspecified atom stereocenters. The van der Waals surface area contributed by atoms with Crippen LogP contribution in [-0.4, -0.2) is 40.2 Å². The molecule has 6 nitrogen and oxygen atoms in total. The highest BCUT2D eigenvalue weighted by Crippen LogP contribution is 2.10. The number of aliphatic hydroxyl groups excluding tert-OH is 1. The van der Waals surface area contributed by atoms with E-state index in [0.29, 0.717) is 31.6 Å². The number of hydrogen-bond acceptors (Lipinski definition) is 5. The summed E-state index contributed by atoms with van der Waals surface area (Å²) in [6, 6.07) is 0.425. The van der Waals surface area contributed by atoms with Gasteiger partial charge in [-0.05, 0) is 6.92 Å². The Bertz CT molecular complexity index is 275. The molecule has 0 spiro atoms. The summed E-state index contributed by atoms with van der Waals surface area (Å²) < 4.78 is 11.9. The Morgan fingerprint density at radius 1 is 1.43 bits per heavy atom. The first-order valence-corrected chi connectivity index (χ1v) is 4.48. The summed E-state index contributed by atoms with van der Waals surface area (Å²) in [7, 11) is 1.61. The Hall–Kier alpha value is -1.14. The van der Waals surface area contributed by atoms with Gasteiger partial charge in [-0.25, -0.2) is 0 Å². The van der Waals surface area contributed by atoms with Crippen molar-refractivity contribution in [1.82, 2.24) is 14.8 Å². The van der Waals surface area contributed by atoms with Gasteiger partial charge in [0.25, 0.3) is 0 Å². The summed E-state index contributed by atoms with van der Waals surface area (Å²) in [6.45, 7) is 3.36. The van der Waals surface area contributed by atoms with Crippen molar-refractivity contribution in [2.24, 2.45) is 0 Å². The molecule has 0 atom stereocenters. The lowest BCUT2D eigenvalue weighted by molar-refractivity contribution is 0.175. The zero-order valence-corrected chi connectivity index (χ0v) is 8.43. The van der Waals surface area contributed by atoms with Crippen molar-refractivity contribution in [2.75, 3.05) is 20.3 Å². The van der Waals surface area contributed by atoms with Crippen molar-refractivity contribution < 1.29 is 14.6 Å². The zero-order valence-electron chi connectivity index (χ0n) is 8.43. The van der Waals surface area contributed by atoms with E-state index >= 15 is 0 Å². The normalized spacial score (nSPS) is 10.5. The van der Waals surface area contributed by atoms with Crippen LogP contribution in [0.25, 0.3) is 0 Å². The third-order valence-corrected chi connectivity index (χ3v) is 1.73. The fraction of sp³-hybridized carbons (Fsp3) is 0.750. The largest absolute Gasteiger partial charge is 0.464 e. The number of nitrogens with zero attached hydrogens (tertiary/aromatic N) is 3. The van der Waals surface area contributed by atoms with Crippen LogP contribution in [0.5, 0.6) is 6.01 Å². The van der Waals surface area contributed by atoms with Crippen LogP contribution in [0.4, 0.5) is 0 Å². The lowest BCUT2D eigenvalue weighted by atomic mass is 10.6. The van der Waals surface area contributed by atoms with Crippen LogP contribution in [0, 0.1) is 0 Å². The Balaban J connectivity index is 2.76. The lowest BCUT2D eigenvalue weighted by Crippen LogP contribution is -2.11. The molecule has 0 aliphatic carbocycles. The Labute approximate surface area is 82.5 Å². The highest BCUT2D eigenvalue weighted by molar-refractivity contribution is 5.00. The molecule has 0 radical (unpaired) electrons. The average molecular weight is 201 g/mol. The molecule has 0 bridgehead atoms. The van der Waals surface area contributed by atoms with Gasteiger partial charge in [-0.2, -0.15) is 0 Å². The Kier molecular flexibility index (Phi) is 4.34. The van der Waals surface area contributed by atoms with E-state index in [1.807, 2.05) is 6.92 Å². The molecule has 0 amide bonds. The zero-order chi connectivity index (χ0) is 10.4. The second kappa shape index (κ2) is 5.56. The highest BCUT2D eigenvalue weighted by atomic mass is 16.5. The summed E-state index contributed by atoms with van der Waals surface area (Å²) in [5.41, 5.74) is 0. The molecule has 0 aliphatic heterocycles. The molecule has 0 saturated heterocycles. The minimum Gasteiger partial charge on any atom is -0.464 e. The van der Waals surface area contributed by atoms with Gasteiger partial charge in [0.05, 0.1) is 19.8 Å². The third kappa shape index (κ3) is 2.43. The van der Waals surface area contributed by atoms with E-state index in [0.717, 1.165) is 0 Å². The van der Waals surface area contributed by atoms with Gasteiger partial charge in [-0.15, -0.1) is 5.10 Å². The number of methoxy groups -OCH3 is 1. The molecule has 14 heavy (non-hydrogen) atoms. The van der Waals surface area contributed by atoms with Gasteiger partial charge in [0, 0.05) is 7.11 Å². The third-order valence-electron chi connectivity index (χ3n) is 1.73. The number of rotatable bonds is 6. The van der Waals surface area contributed by atoms with E-state index in [1.165, 1.54) is 0 Å². The van der Waals surface area contributed by atoms with Crippen LogP contribution < -0.4 is 4.74 Å². The maximum Gasteiger partial charge on any atom is 0.317 e. The second-order valence-corrected chi connectivity index (χ2v) is 2.63. The predicted octanol–water partition coefficient (Wildman–Crippen LogP) is -0.185. The number of aromatic nitrogens is 3.